The third-order valence-electron chi connectivity index (χ3n) is 2.93. The van der Waals surface area contributed by atoms with Crippen molar-refractivity contribution >= 4 is 15.7 Å². The number of nitrogens with one attached hydrogen (secondary N) is 1. The van der Waals surface area contributed by atoms with Crippen molar-refractivity contribution in [1.82, 2.24) is 4.72 Å². The van der Waals surface area contributed by atoms with Gasteiger partial charge in [-0.3, -0.25) is 0 Å². The maximum atomic E-state index is 12.6. The minimum atomic E-state index is -3.64. The van der Waals surface area contributed by atoms with E-state index in [0.29, 0.717) is 5.69 Å². The summed E-state index contributed by atoms with van der Waals surface area (Å²) in [5.41, 5.74) is 5.92. The second-order valence-electron chi connectivity index (χ2n) is 4.55. The number of hydrogen-bond donors (Lipinski definition) is 2. The number of hydrogen-bond acceptors (Lipinski definition) is 3. The fourth-order valence-electron chi connectivity index (χ4n) is 1.89. The molecule has 18 heavy (non-hydrogen) atoms. The van der Waals surface area contributed by atoms with Crippen molar-refractivity contribution in [2.24, 2.45) is 5.92 Å². The highest BCUT2D eigenvalue weighted by atomic mass is 32.2. The van der Waals surface area contributed by atoms with E-state index in [9.17, 15) is 17.2 Å². The Balaban J connectivity index is 1.94. The Bertz CT molecular complexity index is 520. The van der Waals surface area contributed by atoms with Crippen LogP contribution in [0.25, 0.3) is 0 Å². The van der Waals surface area contributed by atoms with Crippen molar-refractivity contribution in [3.8, 4) is 0 Å². The van der Waals surface area contributed by atoms with Gasteiger partial charge in [-0.2, -0.15) is 0 Å². The predicted octanol–water partition coefficient (Wildman–Crippen LogP) is 1.59. The number of nitrogen functional groups attached to an aromatic ring is 1. The van der Waals surface area contributed by atoms with Crippen molar-refractivity contribution in [3.63, 3.8) is 0 Å². The van der Waals surface area contributed by atoms with Crippen molar-refractivity contribution in [1.29, 1.82) is 0 Å². The Morgan fingerprint density at radius 2 is 1.83 bits per heavy atom. The number of alkyl halides is 2. The molecule has 1 fully saturated rings. The molecule has 0 saturated heterocycles. The number of rotatable bonds is 4. The minimum absolute atomic E-state index is 0.0439. The highest BCUT2D eigenvalue weighted by Crippen LogP contribution is 2.41. The first kappa shape index (κ1) is 13.2. The molecule has 1 aliphatic carbocycles. The van der Waals surface area contributed by atoms with E-state index in [4.69, 9.17) is 5.73 Å². The summed E-state index contributed by atoms with van der Waals surface area (Å²) >= 11 is 0. The molecule has 0 amide bonds. The van der Waals surface area contributed by atoms with E-state index in [-0.39, 0.29) is 30.2 Å². The summed E-state index contributed by atoms with van der Waals surface area (Å²) < 4.78 is 51.1. The van der Waals surface area contributed by atoms with Gasteiger partial charge < -0.3 is 5.73 Å². The molecule has 4 nitrogen and oxygen atoms in total. The molecular formula is C11H14F2N2O2S. The van der Waals surface area contributed by atoms with Gasteiger partial charge in [0.15, 0.2) is 0 Å². The SMILES string of the molecule is Nc1ccc(S(=O)(=O)NCC2CC(F)(F)C2)cc1. The van der Waals surface area contributed by atoms with Gasteiger partial charge in [-0.05, 0) is 30.2 Å². The molecule has 0 aliphatic heterocycles. The van der Waals surface area contributed by atoms with Crippen molar-refractivity contribution < 1.29 is 17.2 Å². The van der Waals surface area contributed by atoms with Crippen LogP contribution in [0.5, 0.6) is 0 Å². The largest absolute Gasteiger partial charge is 0.399 e. The van der Waals surface area contributed by atoms with Gasteiger partial charge >= 0.3 is 0 Å². The molecule has 7 heteroatoms. The lowest BCUT2D eigenvalue weighted by molar-refractivity contribution is -0.108. The summed E-state index contributed by atoms with van der Waals surface area (Å²) in [6, 6.07) is 5.72. The van der Waals surface area contributed by atoms with Crippen LogP contribution in [0, 0.1) is 5.92 Å². The first-order chi connectivity index (χ1) is 8.28. The normalized spacial score (nSPS) is 19.4. The molecule has 0 unspecified atom stereocenters. The molecular weight excluding hydrogens is 262 g/mol. The van der Waals surface area contributed by atoms with E-state index in [1.807, 2.05) is 0 Å². The summed E-state index contributed by atoms with van der Waals surface area (Å²) in [6.07, 6.45) is -0.505. The molecule has 1 aromatic rings. The molecule has 0 spiro atoms. The maximum Gasteiger partial charge on any atom is 0.248 e. The number of anilines is 1. The van der Waals surface area contributed by atoms with E-state index in [1.165, 1.54) is 24.3 Å². The Hall–Kier alpha value is -1.21. The third kappa shape index (κ3) is 2.97. The molecule has 100 valence electrons. The third-order valence-corrected chi connectivity index (χ3v) is 4.37. The molecule has 0 bridgehead atoms. The predicted molar refractivity (Wildman–Crippen MR) is 63.7 cm³/mol. The lowest BCUT2D eigenvalue weighted by Gasteiger charge is -2.34. The topological polar surface area (TPSA) is 72.2 Å². The van der Waals surface area contributed by atoms with Crippen LogP contribution in [-0.2, 0) is 10.0 Å². The van der Waals surface area contributed by atoms with Crippen LogP contribution in [0.4, 0.5) is 14.5 Å². The van der Waals surface area contributed by atoms with Crippen LogP contribution in [0.2, 0.25) is 0 Å². The minimum Gasteiger partial charge on any atom is -0.399 e. The zero-order chi connectivity index (χ0) is 13.4. The standard InChI is InChI=1S/C11H14F2N2O2S/c12-11(13)5-8(6-11)7-15-18(16,17)10-3-1-9(14)2-4-10/h1-4,8,15H,5-7,14H2. The summed E-state index contributed by atoms with van der Waals surface area (Å²) in [6.45, 7) is 0.0439. The molecule has 3 N–H and O–H groups in total. The molecule has 1 aromatic carbocycles. The quantitative estimate of drug-likeness (QED) is 0.820. The monoisotopic (exact) mass is 276 g/mol. The maximum absolute atomic E-state index is 12.6. The van der Waals surface area contributed by atoms with Crippen LogP contribution in [-0.4, -0.2) is 20.9 Å². The van der Waals surface area contributed by atoms with Crippen LogP contribution < -0.4 is 10.5 Å². The fraction of sp³-hybridized carbons (Fsp3) is 0.455. The van der Waals surface area contributed by atoms with Gasteiger partial charge in [0.2, 0.25) is 15.9 Å². The van der Waals surface area contributed by atoms with Gasteiger partial charge in [0.1, 0.15) is 0 Å². The average Bonchev–Trinajstić information content (AvgIpc) is 2.24. The van der Waals surface area contributed by atoms with Gasteiger partial charge in [0.25, 0.3) is 0 Å². The first-order valence-corrected chi connectivity index (χ1v) is 7.00. The molecule has 0 radical (unpaired) electrons. The van der Waals surface area contributed by atoms with Gasteiger partial charge in [-0.15, -0.1) is 0 Å². The lowest BCUT2D eigenvalue weighted by atomic mass is 9.82. The molecule has 0 heterocycles. The highest BCUT2D eigenvalue weighted by Gasteiger charge is 2.45. The van der Waals surface area contributed by atoms with E-state index < -0.39 is 15.9 Å². The second-order valence-corrected chi connectivity index (χ2v) is 6.32. The molecule has 1 saturated carbocycles. The van der Waals surface area contributed by atoms with Gasteiger partial charge in [-0.1, -0.05) is 0 Å². The number of sulfonamides is 1. The van der Waals surface area contributed by atoms with E-state index in [1.54, 1.807) is 0 Å². The molecule has 0 atom stereocenters. The summed E-state index contributed by atoms with van der Waals surface area (Å²) in [4.78, 5) is 0.0859. The van der Waals surface area contributed by atoms with Crippen molar-refractivity contribution in [2.75, 3.05) is 12.3 Å². The lowest BCUT2D eigenvalue weighted by Crippen LogP contribution is -2.42. The molecule has 1 aliphatic rings. The number of benzene rings is 1. The number of nitrogens with two attached hydrogens (primary N) is 1. The zero-order valence-electron chi connectivity index (χ0n) is 9.57. The van der Waals surface area contributed by atoms with Crippen LogP contribution in [0.15, 0.2) is 29.2 Å². The first-order valence-electron chi connectivity index (χ1n) is 5.51. The average molecular weight is 276 g/mol. The number of halogens is 2. The van der Waals surface area contributed by atoms with Crippen LogP contribution in [0.1, 0.15) is 12.8 Å². The van der Waals surface area contributed by atoms with Gasteiger partial charge in [0, 0.05) is 25.1 Å². The Morgan fingerprint density at radius 1 is 1.28 bits per heavy atom. The van der Waals surface area contributed by atoms with Crippen molar-refractivity contribution in [3.05, 3.63) is 24.3 Å². The van der Waals surface area contributed by atoms with Crippen molar-refractivity contribution in [2.45, 2.75) is 23.7 Å². The zero-order valence-corrected chi connectivity index (χ0v) is 10.4. The Labute approximate surface area is 104 Å². The van der Waals surface area contributed by atoms with E-state index in [2.05, 4.69) is 4.72 Å². The van der Waals surface area contributed by atoms with Gasteiger partial charge in [0.05, 0.1) is 4.90 Å². The fourth-order valence-corrected chi connectivity index (χ4v) is 3.00. The van der Waals surface area contributed by atoms with Gasteiger partial charge in [-0.25, -0.2) is 21.9 Å². The van der Waals surface area contributed by atoms with Crippen LogP contribution in [0.3, 0.4) is 0 Å². The smallest absolute Gasteiger partial charge is 0.248 e. The van der Waals surface area contributed by atoms with E-state index in [0.717, 1.165) is 0 Å². The summed E-state index contributed by atoms with van der Waals surface area (Å²) in [7, 11) is -3.64. The molecule has 2 rings (SSSR count). The highest BCUT2D eigenvalue weighted by molar-refractivity contribution is 7.89. The molecule has 0 aromatic heterocycles. The van der Waals surface area contributed by atoms with E-state index >= 15 is 0 Å². The summed E-state index contributed by atoms with van der Waals surface area (Å²) in [5.74, 6) is -2.92. The van der Waals surface area contributed by atoms with Crippen LogP contribution >= 0.6 is 0 Å². The Kier molecular flexibility index (Phi) is 3.29. The summed E-state index contributed by atoms with van der Waals surface area (Å²) in [5, 5.41) is 0. The second kappa shape index (κ2) is 4.47. The Morgan fingerprint density at radius 3 is 2.33 bits per heavy atom.